The number of carbonyl (C=O) groups is 2. The van der Waals surface area contributed by atoms with Crippen LogP contribution < -0.4 is 9.64 Å². The third-order valence-corrected chi connectivity index (χ3v) is 8.56. The highest BCUT2D eigenvalue weighted by atomic mass is 32.2. The van der Waals surface area contributed by atoms with E-state index in [0.717, 1.165) is 17.5 Å². The normalized spacial score (nSPS) is 15.2. The van der Waals surface area contributed by atoms with Gasteiger partial charge in [0.1, 0.15) is 5.75 Å². The van der Waals surface area contributed by atoms with Crippen LogP contribution in [0.2, 0.25) is 0 Å². The van der Waals surface area contributed by atoms with Crippen LogP contribution in [0, 0.1) is 6.92 Å². The van der Waals surface area contributed by atoms with Crippen molar-refractivity contribution in [2.45, 2.75) is 36.4 Å². The number of aromatic nitrogens is 2. The Morgan fingerprint density at radius 3 is 2.61 bits per heavy atom. The summed E-state index contributed by atoms with van der Waals surface area (Å²) in [6.07, 6.45) is 3.88. The third-order valence-electron chi connectivity index (χ3n) is 6.43. The summed E-state index contributed by atoms with van der Waals surface area (Å²) in [7, 11) is 0. The summed E-state index contributed by atoms with van der Waals surface area (Å²) >= 11 is 2.76. The number of ether oxygens (including phenoxy) is 1. The first kappa shape index (κ1) is 28.3. The molecule has 41 heavy (non-hydrogen) atoms. The summed E-state index contributed by atoms with van der Waals surface area (Å²) < 4.78 is 6.50. The zero-order chi connectivity index (χ0) is 28.8. The molecule has 2 heterocycles. The monoisotopic (exact) mass is 583 g/mol. The molecule has 0 radical (unpaired) electrons. The van der Waals surface area contributed by atoms with Gasteiger partial charge in [-0.3, -0.25) is 14.5 Å². The number of aryl methyl sites for hydroxylation is 1. The van der Waals surface area contributed by atoms with Gasteiger partial charge in [0.2, 0.25) is 5.13 Å². The summed E-state index contributed by atoms with van der Waals surface area (Å²) in [6, 6.07) is 24.0. The highest BCUT2D eigenvalue weighted by Gasteiger charge is 2.45. The highest BCUT2D eigenvalue weighted by Crippen LogP contribution is 2.44. The Balaban J connectivity index is 1.47. The van der Waals surface area contributed by atoms with E-state index in [-0.39, 0.29) is 5.57 Å². The quantitative estimate of drug-likeness (QED) is 0.114. The highest BCUT2D eigenvalue weighted by molar-refractivity contribution is 8.00. The van der Waals surface area contributed by atoms with Gasteiger partial charge in [-0.25, -0.2) is 0 Å². The summed E-state index contributed by atoms with van der Waals surface area (Å²) in [5.74, 6) is -0.452. The van der Waals surface area contributed by atoms with Gasteiger partial charge in [-0.1, -0.05) is 108 Å². The average molecular weight is 584 g/mol. The van der Waals surface area contributed by atoms with Gasteiger partial charge in [0, 0.05) is 5.75 Å². The van der Waals surface area contributed by atoms with Crippen molar-refractivity contribution in [3.63, 3.8) is 0 Å². The molecule has 1 amide bonds. The Kier molecular flexibility index (Phi) is 8.96. The van der Waals surface area contributed by atoms with Crippen molar-refractivity contribution >= 4 is 46.0 Å². The van der Waals surface area contributed by atoms with Crippen LogP contribution in [-0.2, 0) is 15.3 Å². The van der Waals surface area contributed by atoms with Crippen LogP contribution in [0.3, 0.4) is 0 Å². The van der Waals surface area contributed by atoms with E-state index in [1.54, 1.807) is 12.1 Å². The molecule has 1 aliphatic heterocycles. The van der Waals surface area contributed by atoms with Crippen LogP contribution in [0.4, 0.5) is 5.13 Å². The van der Waals surface area contributed by atoms with E-state index in [2.05, 4.69) is 34.5 Å². The first-order valence-electron chi connectivity index (χ1n) is 13.2. The number of ketones is 1. The fourth-order valence-corrected chi connectivity index (χ4v) is 6.20. The number of thioether (sulfide) groups is 1. The van der Waals surface area contributed by atoms with Crippen molar-refractivity contribution in [2.75, 3.05) is 11.5 Å². The molecule has 0 spiro atoms. The second-order valence-corrected chi connectivity index (χ2v) is 11.7. The number of aliphatic hydroxyl groups excluding tert-OH is 1. The molecule has 1 N–H and O–H groups in total. The molecule has 7 nitrogen and oxygen atoms in total. The Labute approximate surface area is 247 Å². The predicted octanol–water partition coefficient (Wildman–Crippen LogP) is 7.11. The standard InChI is InChI=1S/C32H29N3O4S2/c1-3-18-39-25-11-7-10-24(19-25)28-27(26(36)17-16-22-8-5-4-6-9-22)29(37)30(38)35(28)31-33-34-32(41-31)40-20-23-14-12-21(2)13-15-23/h4-17,19,28,37H,3,18,20H2,1-2H3. The zero-order valence-corrected chi connectivity index (χ0v) is 24.3. The molecular weight excluding hydrogens is 555 g/mol. The Bertz CT molecular complexity index is 1600. The maximum Gasteiger partial charge on any atom is 0.296 e. The molecule has 0 saturated carbocycles. The first-order valence-corrected chi connectivity index (χ1v) is 15.0. The van der Waals surface area contributed by atoms with Crippen molar-refractivity contribution in [1.82, 2.24) is 10.2 Å². The van der Waals surface area contributed by atoms with E-state index >= 15 is 0 Å². The van der Waals surface area contributed by atoms with E-state index in [4.69, 9.17) is 4.74 Å². The number of benzene rings is 3. The zero-order valence-electron chi connectivity index (χ0n) is 22.7. The van der Waals surface area contributed by atoms with Crippen LogP contribution in [0.5, 0.6) is 5.75 Å². The minimum absolute atomic E-state index is 0.0149. The lowest BCUT2D eigenvalue weighted by atomic mass is 9.95. The van der Waals surface area contributed by atoms with E-state index in [1.807, 2.05) is 62.4 Å². The summed E-state index contributed by atoms with van der Waals surface area (Å²) in [5, 5.41) is 19.9. The number of rotatable bonds is 11. The average Bonchev–Trinajstić information content (AvgIpc) is 3.57. The van der Waals surface area contributed by atoms with Crippen LogP contribution >= 0.6 is 23.1 Å². The number of anilines is 1. The van der Waals surface area contributed by atoms with Crippen molar-refractivity contribution < 1.29 is 19.4 Å². The topological polar surface area (TPSA) is 92.6 Å². The molecule has 4 aromatic rings. The maximum absolute atomic E-state index is 13.5. The van der Waals surface area contributed by atoms with E-state index in [0.29, 0.717) is 33.1 Å². The van der Waals surface area contributed by atoms with Crippen molar-refractivity contribution in [3.8, 4) is 5.75 Å². The van der Waals surface area contributed by atoms with Crippen molar-refractivity contribution in [3.05, 3.63) is 119 Å². The number of hydrogen-bond donors (Lipinski definition) is 1. The number of amides is 1. The lowest BCUT2D eigenvalue weighted by Gasteiger charge is -2.24. The molecule has 0 aliphatic carbocycles. The van der Waals surface area contributed by atoms with Crippen LogP contribution in [0.1, 0.15) is 41.6 Å². The van der Waals surface area contributed by atoms with E-state index in [9.17, 15) is 14.7 Å². The summed E-state index contributed by atoms with van der Waals surface area (Å²) in [5.41, 5.74) is 3.77. The molecule has 0 bridgehead atoms. The Morgan fingerprint density at radius 1 is 1.07 bits per heavy atom. The Hall–Kier alpha value is -4.21. The van der Waals surface area contributed by atoms with Gasteiger partial charge in [-0.15, -0.1) is 10.2 Å². The van der Waals surface area contributed by atoms with Crippen LogP contribution in [0.25, 0.3) is 6.08 Å². The fraction of sp³-hybridized carbons (Fsp3) is 0.188. The SMILES string of the molecule is CCCOc1cccc(C2C(C(=O)C=Cc3ccccc3)=C(O)C(=O)N2c2nnc(SCc3ccc(C)cc3)s2)c1. The summed E-state index contributed by atoms with van der Waals surface area (Å²) in [4.78, 5) is 28.4. The fourth-order valence-electron chi connectivity index (χ4n) is 4.38. The number of hydrogen-bond acceptors (Lipinski definition) is 8. The number of allylic oxidation sites excluding steroid dienone is 1. The minimum atomic E-state index is -0.900. The van der Waals surface area contributed by atoms with Gasteiger partial charge in [-0.2, -0.15) is 0 Å². The number of aliphatic hydroxyl groups is 1. The van der Waals surface area contributed by atoms with Crippen molar-refractivity contribution in [2.24, 2.45) is 0 Å². The lowest BCUT2D eigenvalue weighted by molar-refractivity contribution is -0.117. The number of nitrogens with zero attached hydrogens (tertiary/aromatic N) is 3. The van der Waals surface area contributed by atoms with Crippen LogP contribution in [0.15, 0.2) is 101 Å². The molecule has 1 aliphatic rings. The third kappa shape index (κ3) is 6.58. The second kappa shape index (κ2) is 13.0. The van der Waals surface area contributed by atoms with E-state index in [1.165, 1.54) is 39.6 Å². The molecule has 208 valence electrons. The van der Waals surface area contributed by atoms with Gasteiger partial charge in [0.15, 0.2) is 15.9 Å². The largest absolute Gasteiger partial charge is 0.503 e. The molecular formula is C32H29N3O4S2. The molecule has 9 heteroatoms. The molecule has 1 unspecified atom stereocenters. The smallest absolute Gasteiger partial charge is 0.296 e. The minimum Gasteiger partial charge on any atom is -0.503 e. The first-order chi connectivity index (χ1) is 19.9. The molecule has 0 fully saturated rings. The van der Waals surface area contributed by atoms with Crippen LogP contribution in [-0.4, -0.2) is 33.6 Å². The van der Waals surface area contributed by atoms with Gasteiger partial charge in [-0.05, 0) is 48.2 Å². The Morgan fingerprint density at radius 2 is 1.85 bits per heavy atom. The molecule has 0 saturated heterocycles. The van der Waals surface area contributed by atoms with Crippen molar-refractivity contribution in [1.29, 1.82) is 0 Å². The molecule has 5 rings (SSSR count). The number of carbonyl (C=O) groups excluding carboxylic acids is 2. The predicted molar refractivity (Wildman–Crippen MR) is 163 cm³/mol. The van der Waals surface area contributed by atoms with Gasteiger partial charge < -0.3 is 9.84 Å². The second-order valence-electron chi connectivity index (χ2n) is 9.49. The maximum atomic E-state index is 13.5. The van der Waals surface area contributed by atoms with Gasteiger partial charge in [0.05, 0.1) is 18.2 Å². The lowest BCUT2D eigenvalue weighted by Crippen LogP contribution is -2.30. The molecule has 1 atom stereocenters. The molecule has 3 aromatic carbocycles. The molecule has 1 aromatic heterocycles. The van der Waals surface area contributed by atoms with Gasteiger partial charge in [0.25, 0.3) is 5.91 Å². The van der Waals surface area contributed by atoms with E-state index < -0.39 is 23.5 Å². The summed E-state index contributed by atoms with van der Waals surface area (Å²) in [6.45, 7) is 4.59. The van der Waals surface area contributed by atoms with Gasteiger partial charge >= 0.3 is 0 Å².